The van der Waals surface area contributed by atoms with Crippen LogP contribution in [0.3, 0.4) is 0 Å². The number of ether oxygens (including phenoxy) is 5. The molecule has 0 radical (unpaired) electrons. The lowest BCUT2D eigenvalue weighted by molar-refractivity contribution is 0.110. The summed E-state index contributed by atoms with van der Waals surface area (Å²) < 4.78 is 28.4. The summed E-state index contributed by atoms with van der Waals surface area (Å²) in [6.45, 7) is 2.52. The highest BCUT2D eigenvalue weighted by Gasteiger charge is 2.26. The molecule has 196 valence electrons. The van der Waals surface area contributed by atoms with E-state index in [1.54, 1.807) is 14.2 Å². The summed E-state index contributed by atoms with van der Waals surface area (Å²) in [6, 6.07) is 11.6. The maximum atomic E-state index is 10.3. The van der Waals surface area contributed by atoms with Crippen molar-refractivity contribution in [3.63, 3.8) is 0 Å². The van der Waals surface area contributed by atoms with Crippen molar-refractivity contribution >= 4 is 22.3 Å². The largest absolute Gasteiger partial charge is 0.497 e. The Bertz CT molecular complexity index is 1430. The van der Waals surface area contributed by atoms with E-state index in [0.29, 0.717) is 58.6 Å². The summed E-state index contributed by atoms with van der Waals surface area (Å²) in [7, 11) is 5.36. The van der Waals surface area contributed by atoms with Gasteiger partial charge in [-0.1, -0.05) is 11.8 Å². The standard InChI is InChI=1S/C29H30N4O5/c1-33-13-11-20(12-14-33)38-29-23(17-30)26(22-9-8-21(35-3)16-25(22)32-29)31-24-10-7-19(6-4-5-15-34-2)27-28(24)37-18-36-27/h7-10,16,20H,5,11-15,18H2,1-3H3,(H,31,32). The van der Waals surface area contributed by atoms with Crippen LogP contribution in [0.25, 0.3) is 10.9 Å². The van der Waals surface area contributed by atoms with Crippen molar-refractivity contribution < 1.29 is 23.7 Å². The summed E-state index contributed by atoms with van der Waals surface area (Å²) in [4.78, 5) is 7.01. The van der Waals surface area contributed by atoms with Crippen LogP contribution in [0.1, 0.15) is 30.4 Å². The number of methoxy groups -OCH3 is 2. The van der Waals surface area contributed by atoms with E-state index < -0.39 is 0 Å². The Hall–Kier alpha value is -4.18. The summed E-state index contributed by atoms with van der Waals surface area (Å²) in [5.41, 5.74) is 2.96. The zero-order valence-corrected chi connectivity index (χ0v) is 21.8. The van der Waals surface area contributed by atoms with Crippen LogP contribution in [0.4, 0.5) is 11.4 Å². The molecule has 0 amide bonds. The fourth-order valence-corrected chi connectivity index (χ4v) is 4.57. The minimum absolute atomic E-state index is 0.0151. The molecule has 1 N–H and O–H groups in total. The Morgan fingerprint density at radius 2 is 1.95 bits per heavy atom. The average molecular weight is 515 g/mol. The van der Waals surface area contributed by atoms with Crippen LogP contribution in [0.15, 0.2) is 30.3 Å². The Balaban J connectivity index is 1.56. The lowest BCUT2D eigenvalue weighted by Crippen LogP contribution is -2.36. The first kappa shape index (κ1) is 25.5. The van der Waals surface area contributed by atoms with Crippen LogP contribution in [-0.2, 0) is 4.74 Å². The van der Waals surface area contributed by atoms with E-state index in [1.165, 1.54) is 0 Å². The molecule has 2 aliphatic rings. The second-order valence-electron chi connectivity index (χ2n) is 9.18. The van der Waals surface area contributed by atoms with Crippen molar-refractivity contribution in [3.05, 3.63) is 41.5 Å². The van der Waals surface area contributed by atoms with Crippen LogP contribution >= 0.6 is 0 Å². The third-order valence-electron chi connectivity index (χ3n) is 6.65. The van der Waals surface area contributed by atoms with Gasteiger partial charge >= 0.3 is 0 Å². The quantitative estimate of drug-likeness (QED) is 0.362. The summed E-state index contributed by atoms with van der Waals surface area (Å²) in [6.07, 6.45) is 2.34. The first-order valence-corrected chi connectivity index (χ1v) is 12.6. The first-order chi connectivity index (χ1) is 18.6. The Morgan fingerprint density at radius 3 is 2.71 bits per heavy atom. The van der Waals surface area contributed by atoms with Crippen molar-refractivity contribution in [2.45, 2.75) is 25.4 Å². The predicted molar refractivity (Wildman–Crippen MR) is 143 cm³/mol. The molecule has 1 fully saturated rings. The lowest BCUT2D eigenvalue weighted by Gasteiger charge is -2.29. The van der Waals surface area contributed by atoms with E-state index in [4.69, 9.17) is 28.7 Å². The minimum atomic E-state index is -0.0151. The number of anilines is 2. The number of likely N-dealkylation sites (tertiary alicyclic amines) is 1. The fourth-order valence-electron chi connectivity index (χ4n) is 4.57. The van der Waals surface area contributed by atoms with E-state index in [2.05, 4.69) is 35.2 Å². The van der Waals surface area contributed by atoms with Crippen molar-refractivity contribution in [1.29, 1.82) is 5.26 Å². The van der Waals surface area contributed by atoms with Crippen molar-refractivity contribution in [2.75, 3.05) is 53.1 Å². The first-order valence-electron chi connectivity index (χ1n) is 12.6. The topological polar surface area (TPSA) is 98.1 Å². The van der Waals surface area contributed by atoms with Crippen LogP contribution in [0.2, 0.25) is 0 Å². The van der Waals surface area contributed by atoms with E-state index >= 15 is 0 Å². The van der Waals surface area contributed by atoms with Crippen molar-refractivity contribution in [3.8, 4) is 41.0 Å². The molecule has 2 aromatic carbocycles. The summed E-state index contributed by atoms with van der Waals surface area (Å²) >= 11 is 0. The number of nitrogens with zero attached hydrogens (tertiary/aromatic N) is 3. The molecule has 3 heterocycles. The van der Waals surface area contributed by atoms with Gasteiger partial charge < -0.3 is 33.9 Å². The zero-order chi connectivity index (χ0) is 26.5. The second-order valence-corrected chi connectivity index (χ2v) is 9.18. The van der Waals surface area contributed by atoms with Gasteiger partial charge in [0.05, 0.1) is 36.2 Å². The van der Waals surface area contributed by atoms with Gasteiger partial charge in [0.1, 0.15) is 23.5 Å². The highest BCUT2D eigenvalue weighted by atomic mass is 16.7. The van der Waals surface area contributed by atoms with Crippen molar-refractivity contribution in [1.82, 2.24) is 9.88 Å². The number of nitrogens with one attached hydrogen (secondary N) is 1. The average Bonchev–Trinajstić information content (AvgIpc) is 3.44. The maximum Gasteiger partial charge on any atom is 0.234 e. The number of aromatic nitrogens is 1. The van der Waals surface area contributed by atoms with Gasteiger partial charge in [-0.3, -0.25) is 0 Å². The Labute approximate surface area is 222 Å². The number of rotatable bonds is 7. The number of pyridine rings is 1. The Morgan fingerprint density at radius 1 is 1.13 bits per heavy atom. The molecule has 5 rings (SSSR count). The third kappa shape index (κ3) is 5.26. The molecule has 0 bridgehead atoms. The number of piperidine rings is 1. The molecule has 0 unspecified atom stereocenters. The smallest absolute Gasteiger partial charge is 0.234 e. The molecule has 3 aromatic rings. The highest BCUT2D eigenvalue weighted by Crippen LogP contribution is 2.45. The maximum absolute atomic E-state index is 10.3. The van der Waals surface area contributed by atoms with Gasteiger partial charge in [0, 0.05) is 38.1 Å². The molecule has 0 aliphatic carbocycles. The summed E-state index contributed by atoms with van der Waals surface area (Å²) in [5.74, 6) is 8.31. The SMILES string of the molecule is COCCC#Cc1ccc(Nc2c(C#N)c(OC3CCN(C)CC3)nc3cc(OC)ccc23)c2c1OCO2. The molecule has 2 aliphatic heterocycles. The lowest BCUT2D eigenvalue weighted by atomic mass is 10.1. The van der Waals surface area contributed by atoms with Gasteiger partial charge in [0.15, 0.2) is 11.5 Å². The van der Waals surface area contributed by atoms with Crippen LogP contribution in [0, 0.1) is 23.2 Å². The monoisotopic (exact) mass is 514 g/mol. The van der Waals surface area contributed by atoms with E-state index in [-0.39, 0.29) is 12.9 Å². The molecule has 9 nitrogen and oxygen atoms in total. The van der Waals surface area contributed by atoms with Gasteiger partial charge in [-0.05, 0) is 44.2 Å². The van der Waals surface area contributed by atoms with Gasteiger partial charge in [-0.25, -0.2) is 4.98 Å². The van der Waals surface area contributed by atoms with Crippen molar-refractivity contribution in [2.24, 2.45) is 0 Å². The van der Waals surface area contributed by atoms with Crippen LogP contribution in [-0.4, -0.2) is 63.7 Å². The number of hydrogen-bond donors (Lipinski definition) is 1. The van der Waals surface area contributed by atoms with Crippen LogP contribution < -0.4 is 24.3 Å². The molecule has 0 saturated carbocycles. The molecular formula is C29H30N4O5. The molecule has 9 heteroatoms. The third-order valence-corrected chi connectivity index (χ3v) is 6.65. The molecule has 0 spiro atoms. The molecular weight excluding hydrogens is 484 g/mol. The molecule has 1 aromatic heterocycles. The highest BCUT2D eigenvalue weighted by molar-refractivity contribution is 5.98. The normalized spacial score (nSPS) is 15.0. The summed E-state index contributed by atoms with van der Waals surface area (Å²) in [5, 5.41) is 14.4. The van der Waals surface area contributed by atoms with Gasteiger partial charge in [-0.2, -0.15) is 5.26 Å². The molecule has 0 atom stereocenters. The number of hydrogen-bond acceptors (Lipinski definition) is 9. The number of nitriles is 1. The van der Waals surface area contributed by atoms with Gasteiger partial charge in [-0.15, -0.1) is 0 Å². The van der Waals surface area contributed by atoms with Crippen LogP contribution in [0.5, 0.6) is 23.1 Å². The predicted octanol–water partition coefficient (Wildman–Crippen LogP) is 4.45. The van der Waals surface area contributed by atoms with Gasteiger partial charge in [0.2, 0.25) is 12.7 Å². The zero-order valence-electron chi connectivity index (χ0n) is 21.8. The van der Waals surface area contributed by atoms with Gasteiger partial charge in [0.25, 0.3) is 0 Å². The van der Waals surface area contributed by atoms with E-state index in [0.717, 1.165) is 36.9 Å². The molecule has 1 saturated heterocycles. The Kier molecular flexibility index (Phi) is 7.69. The fraction of sp³-hybridized carbons (Fsp3) is 0.379. The van der Waals surface area contributed by atoms with E-state index in [9.17, 15) is 5.26 Å². The molecule has 38 heavy (non-hydrogen) atoms. The minimum Gasteiger partial charge on any atom is -0.497 e. The second kappa shape index (κ2) is 11.5. The number of fused-ring (bicyclic) bond motifs is 2. The van der Waals surface area contributed by atoms with E-state index in [1.807, 2.05) is 30.3 Å². The number of benzene rings is 2.